The van der Waals surface area contributed by atoms with Crippen LogP contribution in [0.5, 0.6) is 5.75 Å². The van der Waals surface area contributed by atoms with Crippen molar-refractivity contribution in [1.29, 1.82) is 0 Å². The summed E-state index contributed by atoms with van der Waals surface area (Å²) in [5, 5.41) is 11.4. The zero-order valence-corrected chi connectivity index (χ0v) is 17.8. The lowest BCUT2D eigenvalue weighted by molar-refractivity contribution is -0.385. The molecular formula is C20H27N5O6. The summed E-state index contributed by atoms with van der Waals surface area (Å²) in [7, 11) is 0. The first-order chi connectivity index (χ1) is 14.8. The maximum Gasteiger partial charge on any atom is 0.330 e. The molecule has 1 aromatic heterocycles. The number of nitrogen functional groups attached to an aromatic ring is 1. The molecule has 1 heterocycles. The van der Waals surface area contributed by atoms with Gasteiger partial charge in [0, 0.05) is 24.7 Å². The fraction of sp³-hybridized carbons (Fsp3) is 0.450. The average Bonchev–Trinajstić information content (AvgIpc) is 2.72. The number of carbonyl (C=O) groups excluding carboxylic acids is 1. The number of aromatic amines is 1. The van der Waals surface area contributed by atoms with Crippen LogP contribution in [-0.2, 0) is 6.54 Å². The molecule has 1 amide bonds. The molecule has 0 aliphatic heterocycles. The maximum atomic E-state index is 13.3. The Balaban J connectivity index is 2.60. The first-order valence-corrected chi connectivity index (χ1v) is 10.1. The van der Waals surface area contributed by atoms with Crippen LogP contribution < -0.4 is 26.6 Å². The molecule has 0 saturated heterocycles. The monoisotopic (exact) mass is 433 g/mol. The molecule has 3 N–H and O–H groups in total. The Bertz CT molecular complexity index is 1070. The van der Waals surface area contributed by atoms with Gasteiger partial charge in [0.2, 0.25) is 0 Å². The van der Waals surface area contributed by atoms with E-state index in [4.69, 9.17) is 10.5 Å². The highest BCUT2D eigenvalue weighted by Crippen LogP contribution is 2.29. The van der Waals surface area contributed by atoms with E-state index < -0.39 is 22.1 Å². The van der Waals surface area contributed by atoms with E-state index in [1.54, 1.807) is 13.8 Å². The predicted octanol–water partition coefficient (Wildman–Crippen LogP) is 2.28. The molecular weight excluding hydrogens is 406 g/mol. The molecule has 11 heteroatoms. The van der Waals surface area contributed by atoms with E-state index in [1.165, 1.54) is 16.7 Å². The van der Waals surface area contributed by atoms with Crippen LogP contribution in [-0.4, -0.2) is 33.5 Å². The minimum atomic E-state index is -0.794. The van der Waals surface area contributed by atoms with E-state index in [0.29, 0.717) is 12.8 Å². The molecule has 0 atom stereocenters. The Kier molecular flexibility index (Phi) is 7.94. The number of ether oxygens (including phenoxy) is 1. The van der Waals surface area contributed by atoms with Crippen LogP contribution in [0, 0.1) is 10.1 Å². The number of amides is 1. The number of nitrogens with two attached hydrogens (primary N) is 1. The molecule has 0 aliphatic carbocycles. The highest BCUT2D eigenvalue weighted by atomic mass is 16.6. The molecule has 1 aromatic carbocycles. The van der Waals surface area contributed by atoms with Crippen molar-refractivity contribution in [3.05, 3.63) is 54.7 Å². The van der Waals surface area contributed by atoms with Gasteiger partial charge in [-0.25, -0.2) is 4.79 Å². The first kappa shape index (κ1) is 23.6. The molecule has 0 radical (unpaired) electrons. The topological polar surface area (TPSA) is 154 Å². The summed E-state index contributed by atoms with van der Waals surface area (Å²) in [6, 6.07) is 3.84. The molecule has 168 valence electrons. The third kappa shape index (κ3) is 5.11. The second kappa shape index (κ2) is 10.4. The largest absolute Gasteiger partial charge is 0.487 e. The van der Waals surface area contributed by atoms with Crippen LogP contribution in [0.3, 0.4) is 0 Å². The molecule has 2 aromatic rings. The summed E-state index contributed by atoms with van der Waals surface area (Å²) in [5.41, 5.74) is 4.17. The van der Waals surface area contributed by atoms with Gasteiger partial charge >= 0.3 is 11.4 Å². The second-order valence-electron chi connectivity index (χ2n) is 6.83. The zero-order valence-electron chi connectivity index (χ0n) is 17.8. The van der Waals surface area contributed by atoms with E-state index in [0.717, 1.165) is 17.4 Å². The van der Waals surface area contributed by atoms with Crippen molar-refractivity contribution in [2.45, 2.75) is 46.6 Å². The van der Waals surface area contributed by atoms with Crippen LogP contribution in [0.1, 0.15) is 50.4 Å². The first-order valence-electron chi connectivity index (χ1n) is 10.1. The van der Waals surface area contributed by atoms with Crippen LogP contribution in [0.2, 0.25) is 0 Å². The molecule has 0 fully saturated rings. The summed E-state index contributed by atoms with van der Waals surface area (Å²) in [6.45, 7) is 6.07. The lowest BCUT2D eigenvalue weighted by Crippen LogP contribution is -2.41. The standard InChI is InChI=1S/C20H27N5O6/c1-4-7-11-24-17(21)16(18(26)22-20(24)28)23(10-5-2)19(27)13-8-9-15(31-6-3)14(12-13)25(29)30/h8-9,12H,4-7,10-11,21H2,1-3H3,(H,22,26,28). The lowest BCUT2D eigenvalue weighted by atomic mass is 10.1. The van der Waals surface area contributed by atoms with Gasteiger partial charge in [0.25, 0.3) is 11.5 Å². The smallest absolute Gasteiger partial charge is 0.330 e. The van der Waals surface area contributed by atoms with Crippen molar-refractivity contribution in [2.75, 3.05) is 23.8 Å². The number of H-pyrrole nitrogens is 1. The fourth-order valence-electron chi connectivity index (χ4n) is 3.14. The number of aromatic nitrogens is 2. The molecule has 2 rings (SSSR count). The fourth-order valence-corrected chi connectivity index (χ4v) is 3.14. The third-order valence-electron chi connectivity index (χ3n) is 4.61. The van der Waals surface area contributed by atoms with Crippen molar-refractivity contribution in [1.82, 2.24) is 9.55 Å². The number of anilines is 2. The van der Waals surface area contributed by atoms with E-state index in [1.807, 2.05) is 6.92 Å². The van der Waals surface area contributed by atoms with Crippen molar-refractivity contribution in [3.63, 3.8) is 0 Å². The zero-order chi connectivity index (χ0) is 23.1. The summed E-state index contributed by atoms with van der Waals surface area (Å²) < 4.78 is 6.47. The number of rotatable bonds is 10. The Hall–Kier alpha value is -3.63. The Morgan fingerprint density at radius 2 is 1.97 bits per heavy atom. The predicted molar refractivity (Wildman–Crippen MR) is 117 cm³/mol. The number of nitro groups is 1. The van der Waals surface area contributed by atoms with Gasteiger partial charge in [-0.2, -0.15) is 0 Å². The number of nitro benzene ring substituents is 1. The molecule has 31 heavy (non-hydrogen) atoms. The number of unbranched alkanes of at least 4 members (excludes halogenated alkanes) is 1. The number of hydrogen-bond acceptors (Lipinski definition) is 7. The number of nitrogens with zero attached hydrogens (tertiary/aromatic N) is 3. The van der Waals surface area contributed by atoms with Crippen molar-refractivity contribution in [3.8, 4) is 5.75 Å². The minimum Gasteiger partial charge on any atom is -0.487 e. The van der Waals surface area contributed by atoms with Gasteiger partial charge in [-0.3, -0.25) is 29.3 Å². The van der Waals surface area contributed by atoms with E-state index in [-0.39, 0.29) is 48.2 Å². The highest BCUT2D eigenvalue weighted by molar-refractivity contribution is 6.07. The summed E-state index contributed by atoms with van der Waals surface area (Å²) in [4.78, 5) is 52.2. The minimum absolute atomic E-state index is 0.00582. The van der Waals surface area contributed by atoms with E-state index in [2.05, 4.69) is 4.98 Å². The van der Waals surface area contributed by atoms with Crippen LogP contribution >= 0.6 is 0 Å². The van der Waals surface area contributed by atoms with Crippen LogP contribution in [0.4, 0.5) is 17.2 Å². The van der Waals surface area contributed by atoms with Gasteiger partial charge in [0.05, 0.1) is 11.5 Å². The van der Waals surface area contributed by atoms with Gasteiger partial charge in [-0.05, 0) is 31.9 Å². The maximum absolute atomic E-state index is 13.3. The van der Waals surface area contributed by atoms with Crippen molar-refractivity contribution >= 4 is 23.1 Å². The molecule has 11 nitrogen and oxygen atoms in total. The van der Waals surface area contributed by atoms with Gasteiger partial charge in [0.1, 0.15) is 5.82 Å². The molecule has 0 spiro atoms. The van der Waals surface area contributed by atoms with E-state index >= 15 is 0 Å². The Morgan fingerprint density at radius 1 is 1.26 bits per heavy atom. The van der Waals surface area contributed by atoms with E-state index in [9.17, 15) is 24.5 Å². The Morgan fingerprint density at radius 3 is 2.55 bits per heavy atom. The number of carbonyl (C=O) groups is 1. The molecule has 0 saturated carbocycles. The summed E-state index contributed by atoms with van der Waals surface area (Å²) in [6.07, 6.45) is 1.94. The highest BCUT2D eigenvalue weighted by Gasteiger charge is 2.27. The van der Waals surface area contributed by atoms with Gasteiger partial charge in [-0.1, -0.05) is 20.3 Å². The van der Waals surface area contributed by atoms with Gasteiger partial charge in [-0.15, -0.1) is 0 Å². The second-order valence-corrected chi connectivity index (χ2v) is 6.83. The van der Waals surface area contributed by atoms with Crippen LogP contribution in [0.25, 0.3) is 0 Å². The number of nitrogens with one attached hydrogen (secondary N) is 1. The SMILES string of the molecule is CCCCn1c(N)c(N(CCC)C(=O)c2ccc(OCC)c([N+](=O)[O-])c2)c(=O)[nH]c1=O. The Labute approximate surface area is 178 Å². The normalized spacial score (nSPS) is 10.7. The molecule has 0 unspecified atom stereocenters. The number of hydrogen-bond donors (Lipinski definition) is 2. The quantitative estimate of drug-likeness (QED) is 0.430. The third-order valence-corrected chi connectivity index (χ3v) is 4.61. The lowest BCUT2D eigenvalue weighted by Gasteiger charge is -2.24. The van der Waals surface area contributed by atoms with Gasteiger partial charge in [0.15, 0.2) is 11.4 Å². The molecule has 0 aliphatic rings. The average molecular weight is 433 g/mol. The molecule has 0 bridgehead atoms. The van der Waals surface area contributed by atoms with Gasteiger partial charge < -0.3 is 15.4 Å². The van der Waals surface area contributed by atoms with Crippen LogP contribution in [0.15, 0.2) is 27.8 Å². The summed E-state index contributed by atoms with van der Waals surface area (Å²) >= 11 is 0. The number of benzene rings is 1. The summed E-state index contributed by atoms with van der Waals surface area (Å²) in [5.74, 6) is -0.730. The van der Waals surface area contributed by atoms with Crippen molar-refractivity contribution in [2.24, 2.45) is 0 Å². The van der Waals surface area contributed by atoms with Crippen molar-refractivity contribution < 1.29 is 14.5 Å².